The molecular formula is C13H23NO5. The van der Waals surface area contributed by atoms with E-state index in [-0.39, 0.29) is 25.9 Å². The first-order valence-corrected chi connectivity index (χ1v) is 6.16. The van der Waals surface area contributed by atoms with Crippen molar-refractivity contribution in [1.29, 1.82) is 0 Å². The number of rotatable bonds is 10. The van der Waals surface area contributed by atoms with Crippen molar-refractivity contribution in [3.8, 4) is 0 Å². The molecule has 0 aromatic rings. The molecular weight excluding hydrogens is 250 g/mol. The number of hydrogen-bond donors (Lipinski definition) is 2. The lowest BCUT2D eigenvalue weighted by Crippen LogP contribution is -2.41. The third-order valence-electron chi connectivity index (χ3n) is 2.95. The summed E-state index contributed by atoms with van der Waals surface area (Å²) in [5.41, 5.74) is -0.504. The van der Waals surface area contributed by atoms with E-state index in [0.717, 1.165) is 0 Å². The van der Waals surface area contributed by atoms with Crippen molar-refractivity contribution in [3.63, 3.8) is 0 Å². The fourth-order valence-corrected chi connectivity index (χ4v) is 1.12. The van der Waals surface area contributed by atoms with E-state index in [9.17, 15) is 9.59 Å². The molecule has 110 valence electrons. The van der Waals surface area contributed by atoms with Crippen LogP contribution in [0.4, 0.5) is 0 Å². The molecule has 6 heteroatoms. The molecule has 0 saturated heterocycles. The smallest absolute Gasteiger partial charge is 0.310 e. The van der Waals surface area contributed by atoms with Crippen molar-refractivity contribution in [2.24, 2.45) is 11.3 Å². The Labute approximate surface area is 113 Å². The van der Waals surface area contributed by atoms with Gasteiger partial charge in [-0.25, -0.2) is 0 Å². The lowest BCUT2D eigenvalue weighted by Gasteiger charge is -2.22. The summed E-state index contributed by atoms with van der Waals surface area (Å²) in [7, 11) is 0. The maximum atomic E-state index is 11.8. The lowest BCUT2D eigenvalue weighted by atomic mass is 9.89. The Bertz CT molecular complexity index is 314. The molecule has 0 aromatic heterocycles. The molecule has 0 heterocycles. The summed E-state index contributed by atoms with van der Waals surface area (Å²) >= 11 is 0. The predicted octanol–water partition coefficient (Wildman–Crippen LogP) is 1.37. The molecule has 0 aliphatic rings. The average Bonchev–Trinajstić information content (AvgIpc) is 2.36. The highest BCUT2D eigenvalue weighted by Crippen LogP contribution is 2.19. The summed E-state index contributed by atoms with van der Waals surface area (Å²) in [6.45, 7) is 8.81. The van der Waals surface area contributed by atoms with E-state index < -0.39 is 17.3 Å². The highest BCUT2D eigenvalue weighted by molar-refractivity contribution is 5.82. The quantitative estimate of drug-likeness (QED) is 0.357. The lowest BCUT2D eigenvalue weighted by molar-refractivity contribution is -0.145. The van der Waals surface area contributed by atoms with Crippen molar-refractivity contribution < 1.29 is 24.2 Å². The van der Waals surface area contributed by atoms with Crippen molar-refractivity contribution in [2.75, 3.05) is 19.9 Å². The third-order valence-corrected chi connectivity index (χ3v) is 2.95. The van der Waals surface area contributed by atoms with Gasteiger partial charge in [-0.1, -0.05) is 27.4 Å². The minimum atomic E-state index is -1.02. The van der Waals surface area contributed by atoms with Crippen LogP contribution in [0, 0.1) is 11.3 Å². The number of hydrogen-bond acceptors (Lipinski definition) is 4. The monoisotopic (exact) mass is 273 g/mol. The van der Waals surface area contributed by atoms with Crippen LogP contribution in [0.3, 0.4) is 0 Å². The van der Waals surface area contributed by atoms with Crippen molar-refractivity contribution in [2.45, 2.75) is 27.2 Å². The fourth-order valence-electron chi connectivity index (χ4n) is 1.12. The van der Waals surface area contributed by atoms with Gasteiger partial charge >= 0.3 is 5.97 Å². The molecule has 0 saturated carbocycles. The van der Waals surface area contributed by atoms with Gasteiger partial charge in [-0.15, -0.1) is 0 Å². The van der Waals surface area contributed by atoms with E-state index in [4.69, 9.17) is 14.6 Å². The summed E-state index contributed by atoms with van der Waals surface area (Å²) in [4.78, 5) is 22.8. The van der Waals surface area contributed by atoms with Crippen molar-refractivity contribution in [1.82, 2.24) is 5.32 Å². The second-order valence-corrected chi connectivity index (χ2v) is 4.80. The van der Waals surface area contributed by atoms with E-state index in [1.54, 1.807) is 0 Å². The second-order valence-electron chi connectivity index (χ2n) is 4.80. The van der Waals surface area contributed by atoms with Gasteiger partial charge in [0.15, 0.2) is 6.79 Å². The van der Waals surface area contributed by atoms with Gasteiger partial charge in [-0.2, -0.15) is 0 Å². The van der Waals surface area contributed by atoms with Crippen LogP contribution in [0.1, 0.15) is 27.2 Å². The fraction of sp³-hybridized carbons (Fsp3) is 0.692. The van der Waals surface area contributed by atoms with Gasteiger partial charge in [-0.05, 0) is 6.42 Å². The van der Waals surface area contributed by atoms with Crippen molar-refractivity contribution >= 4 is 11.9 Å². The molecule has 0 rings (SSSR count). The normalized spacial score (nSPS) is 12.6. The van der Waals surface area contributed by atoms with Crippen LogP contribution in [-0.4, -0.2) is 36.9 Å². The first kappa shape index (κ1) is 17.4. The third kappa shape index (κ3) is 6.81. The van der Waals surface area contributed by atoms with Crippen LogP contribution in [0.25, 0.3) is 0 Å². The second kappa shape index (κ2) is 8.53. The highest BCUT2D eigenvalue weighted by Gasteiger charge is 2.27. The molecule has 0 aromatic carbocycles. The van der Waals surface area contributed by atoms with Crippen molar-refractivity contribution in [3.05, 3.63) is 12.8 Å². The van der Waals surface area contributed by atoms with Crippen LogP contribution in [-0.2, 0) is 19.1 Å². The maximum absolute atomic E-state index is 11.8. The molecule has 0 aliphatic heterocycles. The van der Waals surface area contributed by atoms with E-state index in [0.29, 0.717) is 6.42 Å². The van der Waals surface area contributed by atoms with E-state index >= 15 is 0 Å². The Morgan fingerprint density at radius 3 is 2.58 bits per heavy atom. The number of nitrogens with one attached hydrogen (secondary N) is 1. The molecule has 0 spiro atoms. The molecule has 0 aliphatic carbocycles. The molecule has 1 unspecified atom stereocenters. The van der Waals surface area contributed by atoms with Gasteiger partial charge in [0.05, 0.1) is 18.8 Å². The van der Waals surface area contributed by atoms with Crippen LogP contribution in [0.2, 0.25) is 0 Å². The summed E-state index contributed by atoms with van der Waals surface area (Å²) in [6, 6.07) is 0. The standard InChI is InChI=1S/C13H23NO5/c1-5-13(3,4)12(17)14-7-10(11(15)16)8-19-9-18-6-2/h6,10H,2,5,7-9H2,1,3-4H3,(H,14,17)(H,15,16). The number of ether oxygens (including phenoxy) is 2. The van der Waals surface area contributed by atoms with Gasteiger partial charge in [-0.3, -0.25) is 9.59 Å². The summed E-state index contributed by atoms with van der Waals surface area (Å²) in [6.07, 6.45) is 1.89. The van der Waals surface area contributed by atoms with Gasteiger partial charge < -0.3 is 19.9 Å². The summed E-state index contributed by atoms with van der Waals surface area (Å²) < 4.78 is 9.74. The molecule has 6 nitrogen and oxygen atoms in total. The van der Waals surface area contributed by atoms with Gasteiger partial charge in [0.2, 0.25) is 5.91 Å². The zero-order valence-corrected chi connectivity index (χ0v) is 11.8. The molecule has 1 atom stereocenters. The first-order valence-electron chi connectivity index (χ1n) is 6.16. The van der Waals surface area contributed by atoms with Gasteiger partial charge in [0, 0.05) is 12.0 Å². The molecule has 19 heavy (non-hydrogen) atoms. The number of carboxylic acids is 1. The molecule has 0 radical (unpaired) electrons. The zero-order chi connectivity index (χ0) is 14.9. The van der Waals surface area contributed by atoms with E-state index in [1.807, 2.05) is 20.8 Å². The van der Waals surface area contributed by atoms with E-state index in [1.165, 1.54) is 6.26 Å². The minimum Gasteiger partial charge on any atom is -0.481 e. The number of carboxylic acid groups (broad SMARTS) is 1. The van der Waals surface area contributed by atoms with Gasteiger partial charge in [0.25, 0.3) is 0 Å². The Hall–Kier alpha value is -1.56. The number of carbonyl (C=O) groups excluding carboxylic acids is 1. The number of aliphatic carboxylic acids is 1. The minimum absolute atomic E-state index is 0.0317. The summed E-state index contributed by atoms with van der Waals surface area (Å²) in [5, 5.41) is 11.6. The molecule has 0 bridgehead atoms. The van der Waals surface area contributed by atoms with Crippen LogP contribution < -0.4 is 5.32 Å². The maximum Gasteiger partial charge on any atom is 0.310 e. The Morgan fingerprint density at radius 2 is 2.11 bits per heavy atom. The van der Waals surface area contributed by atoms with Crippen LogP contribution in [0.15, 0.2) is 12.8 Å². The highest BCUT2D eigenvalue weighted by atomic mass is 16.7. The first-order chi connectivity index (χ1) is 8.85. The Balaban J connectivity index is 4.18. The summed E-state index contributed by atoms with van der Waals surface area (Å²) in [5.74, 6) is -1.98. The Morgan fingerprint density at radius 1 is 1.47 bits per heavy atom. The molecule has 1 amide bonds. The van der Waals surface area contributed by atoms with Gasteiger partial charge in [0.1, 0.15) is 0 Å². The zero-order valence-electron chi connectivity index (χ0n) is 11.8. The SMILES string of the molecule is C=COCOCC(CNC(=O)C(C)(C)CC)C(=O)O. The average molecular weight is 273 g/mol. The Kier molecular flexibility index (Phi) is 7.83. The topological polar surface area (TPSA) is 84.9 Å². The number of carbonyl (C=O) groups is 2. The largest absolute Gasteiger partial charge is 0.481 e. The molecule has 0 fully saturated rings. The molecule has 2 N–H and O–H groups in total. The van der Waals surface area contributed by atoms with Crippen LogP contribution >= 0.6 is 0 Å². The van der Waals surface area contributed by atoms with E-state index in [2.05, 4.69) is 11.9 Å². The van der Waals surface area contributed by atoms with Crippen LogP contribution in [0.5, 0.6) is 0 Å². The number of amides is 1. The predicted molar refractivity (Wildman–Crippen MR) is 70.3 cm³/mol.